The molecule has 0 aromatic heterocycles. The zero-order valence-electron chi connectivity index (χ0n) is 27.3. The molecule has 8 rings (SSSR count). The summed E-state index contributed by atoms with van der Waals surface area (Å²) < 4.78 is 14.4. The van der Waals surface area contributed by atoms with Crippen molar-refractivity contribution in [3.05, 3.63) is 215 Å². The van der Waals surface area contributed by atoms with Crippen LogP contribution in [0.5, 0.6) is 0 Å². The van der Waals surface area contributed by atoms with E-state index in [1.54, 1.807) is 0 Å². The fraction of sp³-hybridized carbons (Fsp3) is 0.156. The van der Waals surface area contributed by atoms with Gasteiger partial charge in [-0.3, -0.25) is 0 Å². The van der Waals surface area contributed by atoms with Crippen LogP contribution in [-0.2, 0) is 22.3 Å². The molecule has 0 fully saturated rings. The van der Waals surface area contributed by atoms with Crippen LogP contribution < -0.4 is 0 Å². The van der Waals surface area contributed by atoms with E-state index >= 15 is 0 Å². The predicted octanol–water partition coefficient (Wildman–Crippen LogP) is 10.3. The van der Waals surface area contributed by atoms with Crippen molar-refractivity contribution in [2.24, 2.45) is 15.4 Å². The first-order valence-corrected chi connectivity index (χ1v) is 17.0. The fourth-order valence-corrected chi connectivity index (χ4v) is 7.22. The van der Waals surface area contributed by atoms with E-state index in [0.29, 0.717) is 24.6 Å². The van der Waals surface area contributed by atoms with Crippen LogP contribution in [0.3, 0.4) is 0 Å². The van der Waals surface area contributed by atoms with E-state index in [2.05, 4.69) is 158 Å². The lowest BCUT2D eigenvalue weighted by Crippen LogP contribution is -2.44. The Hall–Kier alpha value is -5.74. The summed E-state index contributed by atoms with van der Waals surface area (Å²) in [5.74, 6) is 1.31. The van der Waals surface area contributed by atoms with Gasteiger partial charge in [-0.1, -0.05) is 182 Å². The summed E-state index contributed by atoms with van der Waals surface area (Å²) in [6, 6.07) is 62.6. The second-order valence-corrected chi connectivity index (χ2v) is 12.9. The smallest absolute Gasteiger partial charge is 0.201 e. The Balaban J connectivity index is 1.34. The summed E-state index contributed by atoms with van der Waals surface area (Å²) in [6.45, 7) is 0. The highest BCUT2D eigenvalue weighted by molar-refractivity contribution is 6.07. The van der Waals surface area contributed by atoms with E-state index in [9.17, 15) is 0 Å². The molecule has 0 aliphatic carbocycles. The molecule has 4 atom stereocenters. The number of benzene rings is 6. The minimum atomic E-state index is -0.837. The standard InChI is InChI=1S/C45H38N2O2/c1-7-19-33(20-8-1)31-45(32-34-21-9-2-10-22-34,43-46-39(35-23-11-3-12-24-35)41(48-43)37-27-15-5-16-28-37)44-47-40(36-25-13-4-14-26-36)42(49-44)38-29-17-6-18-30-38/h1-30,39-42H,31-32H2/t39-,40-,41-,42+/m1/s1. The SMILES string of the molecule is c1ccc(CC(Cc2ccccc2)(C2=N[C@H](c3ccccc3)[C@@H](c3ccccc3)O2)C2=N[C@H](c3ccccc3)[C@H](c3ccccc3)O2)cc1. The third-order valence-electron chi connectivity index (χ3n) is 9.62. The van der Waals surface area contributed by atoms with Crippen LogP contribution >= 0.6 is 0 Å². The lowest BCUT2D eigenvalue weighted by molar-refractivity contribution is 0.154. The average molecular weight is 639 g/mol. The molecule has 0 unspecified atom stereocenters. The second-order valence-electron chi connectivity index (χ2n) is 12.9. The molecule has 2 heterocycles. The van der Waals surface area contributed by atoms with Crippen LogP contribution in [0.2, 0.25) is 0 Å². The zero-order chi connectivity index (χ0) is 32.9. The Labute approximate surface area is 288 Å². The van der Waals surface area contributed by atoms with Crippen LogP contribution in [-0.4, -0.2) is 11.8 Å². The highest BCUT2D eigenvalue weighted by Gasteiger charge is 2.53. The lowest BCUT2D eigenvalue weighted by Gasteiger charge is -2.34. The highest BCUT2D eigenvalue weighted by atomic mass is 16.5. The number of rotatable bonds is 10. The normalized spacial score (nSPS) is 20.2. The van der Waals surface area contributed by atoms with E-state index in [1.165, 1.54) is 0 Å². The van der Waals surface area contributed by atoms with Gasteiger partial charge in [0.1, 0.15) is 17.5 Å². The topological polar surface area (TPSA) is 43.2 Å². The summed E-state index contributed by atoms with van der Waals surface area (Å²) in [4.78, 5) is 11.1. The van der Waals surface area contributed by atoms with Gasteiger partial charge in [-0.05, 0) is 46.2 Å². The van der Waals surface area contributed by atoms with E-state index < -0.39 is 5.41 Å². The van der Waals surface area contributed by atoms with Crippen LogP contribution in [0.15, 0.2) is 192 Å². The monoisotopic (exact) mass is 638 g/mol. The van der Waals surface area contributed by atoms with Crippen molar-refractivity contribution >= 4 is 11.8 Å². The Morgan fingerprint density at radius 3 is 0.980 bits per heavy atom. The molecule has 0 saturated heterocycles. The molecule has 4 nitrogen and oxygen atoms in total. The molecule has 0 amide bonds. The van der Waals surface area contributed by atoms with Crippen molar-refractivity contribution in [3.63, 3.8) is 0 Å². The molecular weight excluding hydrogens is 601 g/mol. The van der Waals surface area contributed by atoms with Gasteiger partial charge in [0.15, 0.2) is 12.2 Å². The predicted molar refractivity (Wildman–Crippen MR) is 196 cm³/mol. The van der Waals surface area contributed by atoms with Crippen molar-refractivity contribution in [1.82, 2.24) is 0 Å². The first kappa shape index (κ1) is 30.6. The largest absolute Gasteiger partial charge is 0.469 e. The van der Waals surface area contributed by atoms with Crippen LogP contribution in [0.1, 0.15) is 57.7 Å². The molecule has 2 aliphatic heterocycles. The average Bonchev–Trinajstić information content (AvgIpc) is 3.84. The molecule has 4 heteroatoms. The van der Waals surface area contributed by atoms with Gasteiger partial charge in [0.05, 0.1) is 0 Å². The number of nitrogens with zero attached hydrogens (tertiary/aromatic N) is 2. The summed E-state index contributed by atoms with van der Waals surface area (Å²) >= 11 is 0. The van der Waals surface area contributed by atoms with E-state index in [1.807, 2.05) is 24.3 Å². The highest BCUT2D eigenvalue weighted by Crippen LogP contribution is 2.50. The van der Waals surface area contributed by atoms with Gasteiger partial charge in [0.25, 0.3) is 0 Å². The van der Waals surface area contributed by atoms with Gasteiger partial charge < -0.3 is 9.47 Å². The third kappa shape index (κ3) is 6.30. The molecular formula is C45H38N2O2. The molecule has 0 bridgehead atoms. The fourth-order valence-electron chi connectivity index (χ4n) is 7.22. The summed E-state index contributed by atoms with van der Waals surface area (Å²) in [7, 11) is 0. The maximum atomic E-state index is 7.21. The quantitative estimate of drug-likeness (QED) is 0.150. The summed E-state index contributed by atoms with van der Waals surface area (Å²) in [6.07, 6.45) is 0.599. The molecule has 0 N–H and O–H groups in total. The molecule has 6 aromatic rings. The van der Waals surface area contributed by atoms with E-state index in [4.69, 9.17) is 19.5 Å². The zero-order valence-corrected chi connectivity index (χ0v) is 27.3. The van der Waals surface area contributed by atoms with Crippen molar-refractivity contribution in [3.8, 4) is 0 Å². The number of ether oxygens (including phenoxy) is 2. The summed E-state index contributed by atoms with van der Waals surface area (Å²) in [5, 5.41) is 0. The maximum Gasteiger partial charge on any atom is 0.201 e. The van der Waals surface area contributed by atoms with Crippen molar-refractivity contribution in [2.75, 3.05) is 0 Å². The van der Waals surface area contributed by atoms with Gasteiger partial charge in [0.2, 0.25) is 11.8 Å². The minimum Gasteiger partial charge on any atom is -0.469 e. The Bertz CT molecular complexity index is 1870. The molecule has 2 aliphatic rings. The van der Waals surface area contributed by atoms with E-state index in [0.717, 1.165) is 33.4 Å². The molecule has 0 spiro atoms. The second kappa shape index (κ2) is 13.8. The molecule has 49 heavy (non-hydrogen) atoms. The van der Waals surface area contributed by atoms with Crippen molar-refractivity contribution in [1.29, 1.82) is 0 Å². The van der Waals surface area contributed by atoms with Crippen molar-refractivity contribution in [2.45, 2.75) is 37.1 Å². The summed E-state index contributed by atoms with van der Waals surface area (Å²) in [5.41, 5.74) is 5.88. The van der Waals surface area contributed by atoms with Gasteiger partial charge in [-0.25, -0.2) is 9.98 Å². The first-order chi connectivity index (χ1) is 24.3. The number of aliphatic imine (C=N–C) groups is 2. The number of hydrogen-bond acceptors (Lipinski definition) is 4. The van der Waals surface area contributed by atoms with Gasteiger partial charge in [0, 0.05) is 0 Å². The Kier molecular flexibility index (Phi) is 8.60. The lowest BCUT2D eigenvalue weighted by atomic mass is 9.75. The van der Waals surface area contributed by atoms with Gasteiger partial charge in [-0.15, -0.1) is 0 Å². The molecule has 240 valence electrons. The van der Waals surface area contributed by atoms with Gasteiger partial charge >= 0.3 is 0 Å². The van der Waals surface area contributed by atoms with Crippen LogP contribution in [0, 0.1) is 5.41 Å². The Morgan fingerprint density at radius 1 is 0.367 bits per heavy atom. The van der Waals surface area contributed by atoms with Crippen LogP contribution in [0.4, 0.5) is 0 Å². The molecule has 6 aromatic carbocycles. The maximum absolute atomic E-state index is 7.21. The minimum absolute atomic E-state index is 0.235. The van der Waals surface area contributed by atoms with Crippen molar-refractivity contribution < 1.29 is 9.47 Å². The first-order valence-electron chi connectivity index (χ1n) is 17.0. The van der Waals surface area contributed by atoms with Crippen LogP contribution in [0.25, 0.3) is 0 Å². The molecule has 0 radical (unpaired) electrons. The number of hydrogen-bond donors (Lipinski definition) is 0. The van der Waals surface area contributed by atoms with E-state index in [-0.39, 0.29) is 24.3 Å². The van der Waals surface area contributed by atoms with Gasteiger partial charge in [-0.2, -0.15) is 0 Å². The third-order valence-corrected chi connectivity index (χ3v) is 9.62. The molecule has 0 saturated carbocycles. The Morgan fingerprint density at radius 2 is 0.653 bits per heavy atom.